The van der Waals surface area contributed by atoms with Gasteiger partial charge >= 0.3 is 18.1 Å². The van der Waals surface area contributed by atoms with Gasteiger partial charge in [-0.15, -0.1) is 0 Å². The molecule has 31 heavy (non-hydrogen) atoms. The fourth-order valence-corrected chi connectivity index (χ4v) is 4.49. The number of hydrogen-bond acceptors (Lipinski definition) is 5. The number of alkyl halides is 3. The Morgan fingerprint density at radius 3 is 2.16 bits per heavy atom. The van der Waals surface area contributed by atoms with Gasteiger partial charge in [0.2, 0.25) is 5.41 Å². The van der Waals surface area contributed by atoms with Gasteiger partial charge in [0.1, 0.15) is 11.2 Å². The Labute approximate surface area is 181 Å². The van der Waals surface area contributed by atoms with Crippen molar-refractivity contribution in [1.29, 1.82) is 0 Å². The first kappa shape index (κ1) is 24.7. The van der Waals surface area contributed by atoms with Gasteiger partial charge in [-0.1, -0.05) is 44.7 Å². The minimum atomic E-state index is -5.21. The molecule has 1 aliphatic rings. The van der Waals surface area contributed by atoms with Gasteiger partial charge in [0.05, 0.1) is 22.8 Å². The summed E-state index contributed by atoms with van der Waals surface area (Å²) in [5.41, 5.74) is -6.01. The van der Waals surface area contributed by atoms with E-state index in [1.807, 2.05) is 0 Å². The number of rotatable bonds is 7. The summed E-state index contributed by atoms with van der Waals surface area (Å²) in [5, 5.41) is 0. The van der Waals surface area contributed by atoms with E-state index in [2.05, 4.69) is 11.1 Å². The van der Waals surface area contributed by atoms with Crippen LogP contribution < -0.4 is 4.74 Å². The van der Waals surface area contributed by atoms with Crippen molar-refractivity contribution in [3.8, 4) is 5.75 Å². The second kappa shape index (κ2) is 9.27. The maximum absolute atomic E-state index is 15.1. The standard InChI is InChI=1S/C22H24F3O5P/c1-5-14-12-13-20(18(26)29-7-3,15-8-10-16(28-4)11-9-15)21(17(14)6-2,19(27)30-31)22(23,24)25/h7-13H,3,5-6,31H2,1-2,4H3. The Hall–Kier alpha value is -2.60. The summed E-state index contributed by atoms with van der Waals surface area (Å²) in [5.74, 6) is -2.57. The average Bonchev–Trinajstić information content (AvgIpc) is 2.76. The number of carbonyl (C=O) groups excluding carboxylic acids is 2. The molecule has 168 valence electrons. The van der Waals surface area contributed by atoms with Gasteiger partial charge in [0, 0.05) is 0 Å². The van der Waals surface area contributed by atoms with E-state index in [-0.39, 0.29) is 24.0 Å². The van der Waals surface area contributed by atoms with E-state index in [9.17, 15) is 9.59 Å². The highest BCUT2D eigenvalue weighted by Crippen LogP contribution is 2.62. The van der Waals surface area contributed by atoms with Crippen molar-refractivity contribution in [1.82, 2.24) is 0 Å². The summed E-state index contributed by atoms with van der Waals surface area (Å²) >= 11 is 0. The molecule has 0 saturated heterocycles. The van der Waals surface area contributed by atoms with Gasteiger partial charge in [0.25, 0.3) is 0 Å². The van der Waals surface area contributed by atoms with E-state index in [0.717, 1.165) is 12.3 Å². The van der Waals surface area contributed by atoms with Crippen LogP contribution >= 0.6 is 9.47 Å². The molecule has 1 aromatic carbocycles. The molecule has 1 aromatic rings. The Bertz CT molecular complexity index is 920. The summed E-state index contributed by atoms with van der Waals surface area (Å²) in [6, 6.07) is 5.41. The van der Waals surface area contributed by atoms with E-state index in [0.29, 0.717) is 11.3 Å². The third-order valence-corrected chi connectivity index (χ3v) is 5.81. The minimum Gasteiger partial charge on any atom is -0.497 e. The van der Waals surface area contributed by atoms with Crippen molar-refractivity contribution < 1.29 is 36.8 Å². The first-order valence-corrected chi connectivity index (χ1v) is 9.95. The Balaban J connectivity index is 3.12. The fourth-order valence-electron chi connectivity index (χ4n) is 4.31. The molecule has 0 heterocycles. The van der Waals surface area contributed by atoms with Crippen LogP contribution in [-0.4, -0.2) is 25.2 Å². The topological polar surface area (TPSA) is 61.8 Å². The number of allylic oxidation sites excluding steroid dienone is 2. The van der Waals surface area contributed by atoms with Gasteiger partial charge < -0.3 is 14.0 Å². The normalized spacial score (nSPS) is 23.3. The summed E-state index contributed by atoms with van der Waals surface area (Å²) in [4.78, 5) is 26.4. The number of esters is 1. The zero-order chi connectivity index (χ0) is 23.4. The highest BCUT2D eigenvalue weighted by molar-refractivity contribution is 7.10. The van der Waals surface area contributed by atoms with Crippen molar-refractivity contribution in [2.45, 2.75) is 38.3 Å². The highest BCUT2D eigenvalue weighted by atomic mass is 31.0. The SMILES string of the molecule is C=COC(=O)C1(c2ccc(OC)cc2)C=CC(CC)=C(CC)C1(C(=O)OP)C(F)(F)F. The highest BCUT2D eigenvalue weighted by Gasteiger charge is 2.77. The van der Waals surface area contributed by atoms with Crippen LogP contribution in [0.1, 0.15) is 32.3 Å². The second-order valence-electron chi connectivity index (χ2n) is 6.81. The van der Waals surface area contributed by atoms with Gasteiger partial charge in [0.15, 0.2) is 0 Å². The quantitative estimate of drug-likeness (QED) is 0.321. The van der Waals surface area contributed by atoms with Crippen molar-refractivity contribution in [3.63, 3.8) is 0 Å². The lowest BCUT2D eigenvalue weighted by molar-refractivity contribution is -0.236. The molecule has 0 saturated carbocycles. The monoisotopic (exact) mass is 456 g/mol. The van der Waals surface area contributed by atoms with E-state index in [1.165, 1.54) is 44.4 Å². The van der Waals surface area contributed by atoms with Crippen LogP contribution in [0.25, 0.3) is 0 Å². The Kier molecular flexibility index (Phi) is 7.37. The molecule has 3 atom stereocenters. The van der Waals surface area contributed by atoms with Crippen LogP contribution in [0.2, 0.25) is 0 Å². The summed E-state index contributed by atoms with van der Waals surface area (Å²) in [6.07, 6.45) is -1.89. The maximum Gasteiger partial charge on any atom is 0.410 e. The van der Waals surface area contributed by atoms with E-state index >= 15 is 13.2 Å². The first-order valence-electron chi connectivity index (χ1n) is 9.48. The largest absolute Gasteiger partial charge is 0.497 e. The zero-order valence-corrected chi connectivity index (χ0v) is 18.6. The second-order valence-corrected chi connectivity index (χ2v) is 7.04. The Morgan fingerprint density at radius 1 is 1.13 bits per heavy atom. The molecule has 0 aromatic heterocycles. The summed E-state index contributed by atoms with van der Waals surface area (Å²) < 4.78 is 59.8. The predicted octanol–water partition coefficient (Wildman–Crippen LogP) is 5.19. The average molecular weight is 456 g/mol. The summed E-state index contributed by atoms with van der Waals surface area (Å²) in [7, 11) is 2.96. The van der Waals surface area contributed by atoms with E-state index in [4.69, 9.17) is 9.47 Å². The van der Waals surface area contributed by atoms with E-state index < -0.39 is 28.9 Å². The third-order valence-electron chi connectivity index (χ3n) is 5.60. The molecule has 0 N–H and O–H groups in total. The summed E-state index contributed by atoms with van der Waals surface area (Å²) in [6.45, 7) is 6.46. The van der Waals surface area contributed by atoms with Crippen molar-refractivity contribution >= 4 is 21.4 Å². The lowest BCUT2D eigenvalue weighted by Crippen LogP contribution is -2.64. The maximum atomic E-state index is 15.1. The predicted molar refractivity (Wildman–Crippen MR) is 112 cm³/mol. The molecular weight excluding hydrogens is 432 g/mol. The number of carbonyl (C=O) groups is 2. The van der Waals surface area contributed by atoms with Crippen LogP contribution in [0, 0.1) is 5.41 Å². The van der Waals surface area contributed by atoms with Gasteiger partial charge in [-0.3, -0.25) is 9.59 Å². The van der Waals surface area contributed by atoms with Gasteiger partial charge in [-0.2, -0.15) is 13.2 Å². The molecule has 9 heteroatoms. The molecular formula is C22H24F3O5P. The van der Waals surface area contributed by atoms with E-state index in [1.54, 1.807) is 16.4 Å². The lowest BCUT2D eigenvalue weighted by atomic mass is 9.52. The molecule has 0 amide bonds. The molecule has 0 spiro atoms. The third kappa shape index (κ3) is 3.57. The van der Waals surface area contributed by atoms with Crippen LogP contribution in [0.4, 0.5) is 13.2 Å². The van der Waals surface area contributed by atoms with Crippen molar-refractivity contribution in [2.75, 3.05) is 7.11 Å². The fraction of sp³-hybridized carbons (Fsp3) is 0.364. The molecule has 0 fully saturated rings. The smallest absolute Gasteiger partial charge is 0.410 e. The zero-order valence-electron chi connectivity index (χ0n) is 17.4. The molecule has 0 aliphatic heterocycles. The van der Waals surface area contributed by atoms with Crippen LogP contribution in [-0.2, 0) is 24.3 Å². The number of hydrogen-bond donors (Lipinski definition) is 0. The van der Waals surface area contributed by atoms with Gasteiger partial charge in [-0.25, -0.2) is 0 Å². The molecule has 0 radical (unpaired) electrons. The number of methoxy groups -OCH3 is 1. The molecule has 5 nitrogen and oxygen atoms in total. The molecule has 0 bridgehead atoms. The minimum absolute atomic E-state index is 0.106. The van der Waals surface area contributed by atoms with Gasteiger partial charge in [-0.05, 0) is 41.7 Å². The molecule has 2 rings (SSSR count). The molecule has 3 unspecified atom stereocenters. The number of ether oxygens (including phenoxy) is 2. The first-order chi connectivity index (χ1) is 14.6. The Morgan fingerprint density at radius 2 is 1.74 bits per heavy atom. The lowest BCUT2D eigenvalue weighted by Gasteiger charge is -2.49. The number of benzene rings is 1. The van der Waals surface area contributed by atoms with Crippen molar-refractivity contribution in [3.05, 3.63) is 66.0 Å². The van der Waals surface area contributed by atoms with Crippen LogP contribution in [0.15, 0.2) is 60.4 Å². The molecule has 1 aliphatic carbocycles. The van der Waals surface area contributed by atoms with Crippen LogP contribution in [0.5, 0.6) is 5.75 Å². The van der Waals surface area contributed by atoms with Crippen molar-refractivity contribution in [2.24, 2.45) is 5.41 Å². The number of halogens is 3. The van der Waals surface area contributed by atoms with Crippen LogP contribution in [0.3, 0.4) is 0 Å².